The second-order valence-electron chi connectivity index (χ2n) is 3.17. The van der Waals surface area contributed by atoms with Crippen LogP contribution < -0.4 is 5.56 Å². The van der Waals surface area contributed by atoms with Gasteiger partial charge in [0.25, 0.3) is 5.56 Å². The fourth-order valence-electron chi connectivity index (χ4n) is 1.21. The largest absolute Gasteiger partial charge is 0.461 e. The topological polar surface area (TPSA) is 65.1 Å². The summed E-state index contributed by atoms with van der Waals surface area (Å²) in [4.78, 5) is 23.2. The number of halogens is 2. The third-order valence-corrected chi connectivity index (χ3v) is 2.78. The highest BCUT2D eigenvalue weighted by atomic mass is 35.5. The summed E-state index contributed by atoms with van der Waals surface area (Å²) in [6.07, 6.45) is 2.58. The monoisotopic (exact) mass is 272 g/mol. The Morgan fingerprint density at radius 1 is 1.47 bits per heavy atom. The van der Waals surface area contributed by atoms with E-state index in [1.54, 1.807) is 6.07 Å². The lowest BCUT2D eigenvalue weighted by Crippen LogP contribution is -2.26. The first kappa shape index (κ1) is 11.9. The second kappa shape index (κ2) is 4.73. The van der Waals surface area contributed by atoms with E-state index in [1.165, 1.54) is 18.5 Å². The summed E-state index contributed by atoms with van der Waals surface area (Å²) in [6, 6.07) is 3.09. The summed E-state index contributed by atoms with van der Waals surface area (Å²) >= 11 is 11.3. The van der Waals surface area contributed by atoms with E-state index in [-0.39, 0.29) is 28.1 Å². The van der Waals surface area contributed by atoms with Crippen LogP contribution in [0, 0.1) is 0 Å². The summed E-state index contributed by atoms with van der Waals surface area (Å²) in [5, 5.41) is 3.61. The lowest BCUT2D eigenvalue weighted by molar-refractivity contribution is 0.0938. The molecule has 2 aromatic heterocycles. The van der Waals surface area contributed by atoms with Gasteiger partial charge in [-0.05, 0) is 12.1 Å². The molecule has 0 fully saturated rings. The zero-order valence-corrected chi connectivity index (χ0v) is 9.90. The third-order valence-electron chi connectivity index (χ3n) is 2.03. The summed E-state index contributed by atoms with van der Waals surface area (Å²) in [5.74, 6) is -0.215. The number of nitrogens with zero attached hydrogens (tertiary/aromatic N) is 2. The molecule has 0 spiro atoms. The number of carbonyl (C=O) groups excluding carboxylic acids is 1. The van der Waals surface area contributed by atoms with Crippen molar-refractivity contribution in [2.75, 3.05) is 0 Å². The maximum atomic E-state index is 11.7. The van der Waals surface area contributed by atoms with Crippen LogP contribution in [0.2, 0.25) is 10.0 Å². The van der Waals surface area contributed by atoms with Crippen molar-refractivity contribution >= 4 is 29.0 Å². The van der Waals surface area contributed by atoms with Gasteiger partial charge in [0.05, 0.1) is 17.5 Å². The zero-order valence-electron chi connectivity index (χ0n) is 8.39. The summed E-state index contributed by atoms with van der Waals surface area (Å²) in [6.45, 7) is -0.247. The first-order valence-electron chi connectivity index (χ1n) is 4.57. The molecule has 2 aromatic rings. The molecule has 0 bridgehead atoms. The summed E-state index contributed by atoms with van der Waals surface area (Å²) < 4.78 is 5.84. The minimum Gasteiger partial charge on any atom is -0.461 e. The Morgan fingerprint density at radius 3 is 2.88 bits per heavy atom. The Balaban J connectivity index is 2.29. The SMILES string of the molecule is O=C(Cn1ncc(Cl)c(Cl)c1=O)c1ccco1. The maximum absolute atomic E-state index is 11.7. The molecule has 0 radical (unpaired) electrons. The molecule has 2 heterocycles. The zero-order chi connectivity index (χ0) is 12.4. The molecule has 0 aromatic carbocycles. The van der Waals surface area contributed by atoms with Crippen molar-refractivity contribution in [3.63, 3.8) is 0 Å². The molecule has 0 aliphatic carbocycles. The van der Waals surface area contributed by atoms with Crippen molar-refractivity contribution in [3.8, 4) is 0 Å². The van der Waals surface area contributed by atoms with Gasteiger partial charge >= 0.3 is 0 Å². The van der Waals surface area contributed by atoms with E-state index in [4.69, 9.17) is 27.6 Å². The van der Waals surface area contributed by atoms with Crippen molar-refractivity contribution in [3.05, 3.63) is 50.8 Å². The van der Waals surface area contributed by atoms with Gasteiger partial charge in [-0.2, -0.15) is 5.10 Å². The normalized spacial score (nSPS) is 10.5. The highest BCUT2D eigenvalue weighted by Gasteiger charge is 2.13. The van der Waals surface area contributed by atoms with Crippen LogP contribution in [0.25, 0.3) is 0 Å². The van der Waals surface area contributed by atoms with Crippen LogP contribution in [-0.4, -0.2) is 15.6 Å². The standard InChI is InChI=1S/C10H6Cl2N2O3/c11-6-4-13-14(10(16)9(6)12)5-7(15)8-2-1-3-17-8/h1-4H,5H2. The molecule has 0 N–H and O–H groups in total. The van der Waals surface area contributed by atoms with Gasteiger partial charge in [0, 0.05) is 0 Å². The second-order valence-corrected chi connectivity index (χ2v) is 3.95. The molecule has 0 atom stereocenters. The molecule has 0 aliphatic heterocycles. The van der Waals surface area contributed by atoms with E-state index >= 15 is 0 Å². The van der Waals surface area contributed by atoms with Crippen molar-refractivity contribution < 1.29 is 9.21 Å². The molecule has 5 nitrogen and oxygen atoms in total. The predicted molar refractivity (Wildman–Crippen MR) is 61.6 cm³/mol. The van der Waals surface area contributed by atoms with Crippen LogP contribution in [0.4, 0.5) is 0 Å². The van der Waals surface area contributed by atoms with Crippen molar-refractivity contribution in [2.24, 2.45) is 0 Å². The van der Waals surface area contributed by atoms with Crippen LogP contribution in [-0.2, 0) is 6.54 Å². The Kier molecular flexibility index (Phi) is 3.31. The molecule has 17 heavy (non-hydrogen) atoms. The first-order chi connectivity index (χ1) is 8.09. The molecule has 0 aliphatic rings. The lowest BCUT2D eigenvalue weighted by atomic mass is 10.3. The number of carbonyl (C=O) groups is 1. The molecule has 0 unspecified atom stereocenters. The minimum absolute atomic E-state index is 0.0540. The van der Waals surface area contributed by atoms with Gasteiger partial charge in [-0.25, -0.2) is 4.68 Å². The Labute approximate surface area is 106 Å². The number of ketones is 1. The smallest absolute Gasteiger partial charge is 0.287 e. The Hall–Kier alpha value is -1.59. The highest BCUT2D eigenvalue weighted by molar-refractivity contribution is 6.41. The molecule has 7 heteroatoms. The minimum atomic E-state index is -0.612. The number of hydrogen-bond donors (Lipinski definition) is 0. The fourth-order valence-corrected chi connectivity index (χ4v) is 1.48. The van der Waals surface area contributed by atoms with Crippen LogP contribution in [0.15, 0.2) is 33.8 Å². The van der Waals surface area contributed by atoms with Crippen LogP contribution in [0.3, 0.4) is 0 Å². The van der Waals surface area contributed by atoms with Gasteiger partial charge in [0.15, 0.2) is 5.76 Å². The van der Waals surface area contributed by atoms with Crippen LogP contribution in [0.5, 0.6) is 0 Å². The lowest BCUT2D eigenvalue weighted by Gasteiger charge is -2.03. The average molecular weight is 273 g/mol. The Morgan fingerprint density at radius 2 is 2.24 bits per heavy atom. The summed E-state index contributed by atoms with van der Waals surface area (Å²) in [7, 11) is 0. The molecule has 0 saturated carbocycles. The van der Waals surface area contributed by atoms with E-state index in [9.17, 15) is 9.59 Å². The third kappa shape index (κ3) is 2.40. The van der Waals surface area contributed by atoms with E-state index in [2.05, 4.69) is 5.10 Å². The van der Waals surface area contributed by atoms with E-state index < -0.39 is 5.56 Å². The van der Waals surface area contributed by atoms with E-state index in [0.29, 0.717) is 0 Å². The Bertz CT molecular complexity index is 605. The molecular formula is C10H6Cl2N2O3. The number of rotatable bonds is 3. The van der Waals surface area contributed by atoms with Gasteiger partial charge in [-0.3, -0.25) is 9.59 Å². The molecular weight excluding hydrogens is 267 g/mol. The van der Waals surface area contributed by atoms with Crippen molar-refractivity contribution in [1.82, 2.24) is 9.78 Å². The maximum Gasteiger partial charge on any atom is 0.287 e. The number of Topliss-reactive ketones (excluding diaryl/α,β-unsaturated/α-hetero) is 1. The highest BCUT2D eigenvalue weighted by Crippen LogP contribution is 2.14. The van der Waals surface area contributed by atoms with Gasteiger partial charge in [0.1, 0.15) is 11.6 Å². The first-order valence-corrected chi connectivity index (χ1v) is 5.33. The van der Waals surface area contributed by atoms with Crippen LogP contribution >= 0.6 is 23.2 Å². The fraction of sp³-hybridized carbons (Fsp3) is 0.100. The quantitative estimate of drug-likeness (QED) is 0.802. The van der Waals surface area contributed by atoms with Crippen LogP contribution in [0.1, 0.15) is 10.6 Å². The van der Waals surface area contributed by atoms with E-state index in [0.717, 1.165) is 4.68 Å². The molecule has 0 amide bonds. The predicted octanol–water partition coefficient (Wildman–Crippen LogP) is 2.03. The van der Waals surface area contributed by atoms with Gasteiger partial charge in [-0.15, -0.1) is 0 Å². The number of hydrogen-bond acceptors (Lipinski definition) is 4. The molecule has 88 valence electrons. The summed E-state index contributed by atoms with van der Waals surface area (Å²) in [5.41, 5.74) is -0.612. The van der Waals surface area contributed by atoms with E-state index in [1.807, 2.05) is 0 Å². The average Bonchev–Trinajstić information content (AvgIpc) is 2.83. The van der Waals surface area contributed by atoms with Gasteiger partial charge < -0.3 is 4.42 Å². The molecule has 0 saturated heterocycles. The van der Waals surface area contributed by atoms with Crippen molar-refractivity contribution in [2.45, 2.75) is 6.54 Å². The van der Waals surface area contributed by atoms with Crippen molar-refractivity contribution in [1.29, 1.82) is 0 Å². The van der Waals surface area contributed by atoms with Gasteiger partial charge in [0.2, 0.25) is 5.78 Å². The number of furan rings is 1. The number of aromatic nitrogens is 2. The molecule has 2 rings (SSSR count). The van der Waals surface area contributed by atoms with Gasteiger partial charge in [-0.1, -0.05) is 23.2 Å².